The first-order chi connectivity index (χ1) is 11.0. The monoisotopic (exact) mass is 311 g/mol. The molecule has 2 aromatic rings. The predicted molar refractivity (Wildman–Crippen MR) is 92.4 cm³/mol. The molecule has 2 radical (unpaired) electrons. The van der Waals surface area contributed by atoms with Crippen molar-refractivity contribution in [2.24, 2.45) is 0 Å². The second kappa shape index (κ2) is 7.07. The Morgan fingerprint density at radius 2 is 1.87 bits per heavy atom. The first kappa shape index (κ1) is 17.4. The van der Waals surface area contributed by atoms with Gasteiger partial charge in [0.25, 0.3) is 5.56 Å². The van der Waals surface area contributed by atoms with E-state index < -0.39 is 0 Å². The lowest BCUT2D eigenvalue weighted by atomic mass is 10.0. The quantitative estimate of drug-likeness (QED) is 0.632. The van der Waals surface area contributed by atoms with E-state index in [1.807, 2.05) is 6.92 Å². The third-order valence-electron chi connectivity index (χ3n) is 4.37. The Morgan fingerprint density at radius 3 is 2.43 bits per heavy atom. The highest BCUT2D eigenvalue weighted by Gasteiger charge is 2.25. The molecule has 2 aromatic heterocycles. The van der Waals surface area contributed by atoms with Crippen LogP contribution in [0.1, 0.15) is 60.4 Å². The fourth-order valence-corrected chi connectivity index (χ4v) is 3.33. The first-order valence-corrected chi connectivity index (χ1v) is 7.98. The molecule has 1 aliphatic carbocycles. The van der Waals surface area contributed by atoms with E-state index in [1.54, 1.807) is 17.7 Å². The molecule has 1 saturated carbocycles. The summed E-state index contributed by atoms with van der Waals surface area (Å²) in [6, 6.07) is 0.146. The highest BCUT2D eigenvalue weighted by Crippen LogP contribution is 2.31. The van der Waals surface area contributed by atoms with Crippen molar-refractivity contribution in [2.75, 3.05) is 0 Å². The van der Waals surface area contributed by atoms with Crippen LogP contribution in [-0.4, -0.2) is 28.2 Å². The lowest BCUT2D eigenvalue weighted by Crippen LogP contribution is -2.30. The molecule has 0 atom stereocenters. The van der Waals surface area contributed by atoms with E-state index in [0.29, 0.717) is 17.0 Å². The van der Waals surface area contributed by atoms with E-state index in [0.717, 1.165) is 31.1 Å². The number of hydrogen-bond acceptors (Lipinski definition) is 4. The number of Topliss-reactive ketones (excluding diaryl/α,β-unsaturated/α-hetero) is 1. The second-order valence-electron chi connectivity index (χ2n) is 5.82. The summed E-state index contributed by atoms with van der Waals surface area (Å²) in [5, 5.41) is 0.803. The molecule has 120 valence electrons. The Balaban J connectivity index is 0.000000924. The van der Waals surface area contributed by atoms with Crippen LogP contribution < -0.4 is 5.56 Å². The summed E-state index contributed by atoms with van der Waals surface area (Å²) < 4.78 is 1.74. The fourth-order valence-electron chi connectivity index (χ4n) is 3.33. The Morgan fingerprint density at radius 1 is 1.26 bits per heavy atom. The molecular formula is C17H22BN3O2. The normalized spacial score (nSPS) is 14.6. The standard InChI is InChI=1S/C16H19N3O2.CH3B/c1-9-13-8-17-11(3)18-15(13)19(12-6-4-5-7-12)16(21)14(9)10(2)20;1-2/h8,12H,4-7H2,1-3H3;1H3. The number of carbonyl (C=O) groups is 1. The van der Waals surface area contributed by atoms with Gasteiger partial charge >= 0.3 is 0 Å². The van der Waals surface area contributed by atoms with Crippen molar-refractivity contribution in [1.82, 2.24) is 14.5 Å². The third kappa shape index (κ3) is 3.07. The van der Waals surface area contributed by atoms with E-state index in [1.165, 1.54) is 13.7 Å². The van der Waals surface area contributed by atoms with Crippen LogP contribution in [0.4, 0.5) is 0 Å². The molecule has 6 heteroatoms. The highest BCUT2D eigenvalue weighted by atomic mass is 16.1. The van der Waals surface area contributed by atoms with Gasteiger partial charge in [0.2, 0.25) is 0 Å². The Hall–Kier alpha value is -1.98. The minimum absolute atomic E-state index is 0.146. The second-order valence-corrected chi connectivity index (χ2v) is 5.82. The highest BCUT2D eigenvalue weighted by molar-refractivity contribution is 6.05. The lowest BCUT2D eigenvalue weighted by Gasteiger charge is -2.19. The first-order valence-electron chi connectivity index (χ1n) is 7.98. The van der Waals surface area contributed by atoms with Gasteiger partial charge in [0.1, 0.15) is 11.5 Å². The minimum Gasteiger partial charge on any atom is -0.294 e. The van der Waals surface area contributed by atoms with E-state index >= 15 is 0 Å². The molecule has 0 spiro atoms. The van der Waals surface area contributed by atoms with Gasteiger partial charge in [0, 0.05) is 17.6 Å². The van der Waals surface area contributed by atoms with Gasteiger partial charge in [-0.2, -0.15) is 0 Å². The van der Waals surface area contributed by atoms with Gasteiger partial charge in [0.15, 0.2) is 5.78 Å². The lowest BCUT2D eigenvalue weighted by molar-refractivity contribution is 0.101. The van der Waals surface area contributed by atoms with Gasteiger partial charge in [-0.25, -0.2) is 9.97 Å². The number of fused-ring (bicyclic) bond motifs is 1. The van der Waals surface area contributed by atoms with Crippen LogP contribution in [0, 0.1) is 13.8 Å². The summed E-state index contributed by atoms with van der Waals surface area (Å²) in [7, 11) is 4.50. The van der Waals surface area contributed by atoms with Crippen molar-refractivity contribution in [3.63, 3.8) is 0 Å². The molecule has 0 amide bonds. The molecular weight excluding hydrogens is 289 g/mol. The van der Waals surface area contributed by atoms with Gasteiger partial charge < -0.3 is 0 Å². The molecule has 5 nitrogen and oxygen atoms in total. The summed E-state index contributed by atoms with van der Waals surface area (Å²) in [4.78, 5) is 33.4. The van der Waals surface area contributed by atoms with Crippen molar-refractivity contribution in [3.05, 3.63) is 33.5 Å². The topological polar surface area (TPSA) is 64.8 Å². The fraction of sp³-hybridized carbons (Fsp3) is 0.529. The minimum atomic E-state index is -0.197. The smallest absolute Gasteiger partial charge is 0.263 e. The molecule has 3 rings (SSSR count). The number of hydrogen-bond donors (Lipinski definition) is 0. The summed E-state index contributed by atoms with van der Waals surface area (Å²) in [6.45, 7) is 6.57. The van der Waals surface area contributed by atoms with Crippen molar-refractivity contribution in [1.29, 1.82) is 0 Å². The van der Waals surface area contributed by atoms with Gasteiger partial charge in [-0.05, 0) is 39.2 Å². The Bertz CT molecular complexity index is 793. The number of nitrogens with zero attached hydrogens (tertiary/aromatic N) is 3. The maximum Gasteiger partial charge on any atom is 0.263 e. The van der Waals surface area contributed by atoms with E-state index in [2.05, 4.69) is 17.8 Å². The molecule has 0 unspecified atom stereocenters. The zero-order chi connectivity index (χ0) is 17.1. The molecule has 0 bridgehead atoms. The summed E-state index contributed by atoms with van der Waals surface area (Å²) in [5.74, 6) is 0.454. The molecule has 0 aliphatic heterocycles. The van der Waals surface area contributed by atoms with Crippen LogP contribution in [0.5, 0.6) is 0 Å². The van der Waals surface area contributed by atoms with Crippen LogP contribution in [0.15, 0.2) is 11.0 Å². The number of ketones is 1. The van der Waals surface area contributed by atoms with Crippen molar-refractivity contribution in [3.8, 4) is 0 Å². The summed E-state index contributed by atoms with van der Waals surface area (Å²) in [5.41, 5.74) is 1.44. The van der Waals surface area contributed by atoms with Crippen LogP contribution >= 0.6 is 0 Å². The van der Waals surface area contributed by atoms with Crippen molar-refractivity contribution in [2.45, 2.75) is 59.3 Å². The average molecular weight is 311 g/mol. The van der Waals surface area contributed by atoms with Crippen molar-refractivity contribution >= 4 is 24.7 Å². The third-order valence-corrected chi connectivity index (χ3v) is 4.37. The summed E-state index contributed by atoms with van der Waals surface area (Å²) in [6.07, 6.45) is 5.90. The Kier molecular flexibility index (Phi) is 5.34. The zero-order valence-corrected chi connectivity index (χ0v) is 14.2. The maximum atomic E-state index is 12.8. The van der Waals surface area contributed by atoms with Crippen LogP contribution in [0.3, 0.4) is 0 Å². The van der Waals surface area contributed by atoms with Gasteiger partial charge in [0.05, 0.1) is 13.4 Å². The average Bonchev–Trinajstić information content (AvgIpc) is 3.02. The van der Waals surface area contributed by atoms with Gasteiger partial charge in [-0.15, -0.1) is 0 Å². The maximum absolute atomic E-state index is 12.8. The summed E-state index contributed by atoms with van der Waals surface area (Å²) >= 11 is 0. The molecule has 2 heterocycles. The van der Waals surface area contributed by atoms with Crippen LogP contribution in [0.25, 0.3) is 11.0 Å². The molecule has 23 heavy (non-hydrogen) atoms. The SMILES string of the molecule is CC(=O)c1c(C)c2cnc(C)nc2n(C2CCCC2)c1=O.[B]C. The van der Waals surface area contributed by atoms with Crippen molar-refractivity contribution < 1.29 is 4.79 Å². The molecule has 0 aromatic carbocycles. The molecule has 1 fully saturated rings. The Labute approximate surface area is 137 Å². The number of aryl methyl sites for hydroxylation is 2. The van der Waals surface area contributed by atoms with E-state index in [4.69, 9.17) is 0 Å². The number of pyridine rings is 1. The number of aromatic nitrogens is 3. The van der Waals surface area contributed by atoms with E-state index in [9.17, 15) is 9.59 Å². The van der Waals surface area contributed by atoms with Gasteiger partial charge in [-0.1, -0.05) is 19.7 Å². The largest absolute Gasteiger partial charge is 0.294 e. The van der Waals surface area contributed by atoms with Crippen LogP contribution in [0.2, 0.25) is 6.82 Å². The number of rotatable bonds is 2. The van der Waals surface area contributed by atoms with Crippen LogP contribution in [-0.2, 0) is 0 Å². The molecule has 0 N–H and O–H groups in total. The molecule has 0 saturated heterocycles. The van der Waals surface area contributed by atoms with Gasteiger partial charge in [-0.3, -0.25) is 14.2 Å². The predicted octanol–water partition coefficient (Wildman–Crippen LogP) is 2.93. The molecule has 1 aliphatic rings. The zero-order valence-electron chi connectivity index (χ0n) is 14.2. The van der Waals surface area contributed by atoms with E-state index in [-0.39, 0.29) is 22.9 Å². The number of carbonyl (C=O) groups excluding carboxylic acids is 1.